The zero-order chi connectivity index (χ0) is 13.7. The van der Waals surface area contributed by atoms with Gasteiger partial charge >= 0.3 is 0 Å². The van der Waals surface area contributed by atoms with E-state index in [9.17, 15) is 4.79 Å². The van der Waals surface area contributed by atoms with E-state index in [0.717, 1.165) is 19.4 Å². The summed E-state index contributed by atoms with van der Waals surface area (Å²) in [6.45, 7) is 4.10. The molecule has 0 saturated heterocycles. The molecule has 0 fully saturated rings. The fourth-order valence-corrected chi connectivity index (χ4v) is 2.75. The molecule has 0 bridgehead atoms. The Balaban J connectivity index is 2.13. The van der Waals surface area contributed by atoms with Gasteiger partial charge in [0.15, 0.2) is 0 Å². The molecule has 1 amide bonds. The second kappa shape index (κ2) is 6.57. The van der Waals surface area contributed by atoms with Crippen LogP contribution in [0.3, 0.4) is 0 Å². The number of benzene rings is 1. The van der Waals surface area contributed by atoms with E-state index in [1.54, 1.807) is 0 Å². The van der Waals surface area contributed by atoms with Crippen LogP contribution in [-0.4, -0.2) is 31.6 Å². The number of aryl methyl sites for hydroxylation is 1. The van der Waals surface area contributed by atoms with Crippen molar-refractivity contribution in [2.75, 3.05) is 24.5 Å². The van der Waals surface area contributed by atoms with Crippen molar-refractivity contribution in [3.63, 3.8) is 0 Å². The van der Waals surface area contributed by atoms with E-state index < -0.39 is 0 Å². The van der Waals surface area contributed by atoms with Crippen LogP contribution in [0.1, 0.15) is 25.3 Å². The van der Waals surface area contributed by atoms with Crippen LogP contribution >= 0.6 is 0 Å². The van der Waals surface area contributed by atoms with Crippen LogP contribution in [0.5, 0.6) is 0 Å². The van der Waals surface area contributed by atoms with Crippen LogP contribution in [0.4, 0.5) is 5.69 Å². The van der Waals surface area contributed by atoms with Crippen LogP contribution in [0, 0.1) is 0 Å². The summed E-state index contributed by atoms with van der Waals surface area (Å²) < 4.78 is 0. The van der Waals surface area contributed by atoms with E-state index in [1.165, 1.54) is 11.3 Å². The molecule has 0 aromatic heterocycles. The van der Waals surface area contributed by atoms with Crippen molar-refractivity contribution in [3.8, 4) is 0 Å². The molecule has 2 rings (SSSR count). The number of carbonyl (C=O) groups excluding carboxylic acids is 1. The first-order valence-electron chi connectivity index (χ1n) is 7.07. The highest BCUT2D eigenvalue weighted by Crippen LogP contribution is 2.28. The lowest BCUT2D eigenvalue weighted by molar-refractivity contribution is -0.121. The highest BCUT2D eigenvalue weighted by atomic mass is 16.1. The molecule has 1 aromatic carbocycles. The van der Waals surface area contributed by atoms with E-state index in [-0.39, 0.29) is 11.9 Å². The van der Waals surface area contributed by atoms with Crippen molar-refractivity contribution in [1.82, 2.24) is 5.32 Å². The Morgan fingerprint density at radius 1 is 1.47 bits per heavy atom. The number of hydrogen-bond acceptors (Lipinski definition) is 3. The van der Waals surface area contributed by atoms with Gasteiger partial charge in [0.25, 0.3) is 0 Å². The van der Waals surface area contributed by atoms with Gasteiger partial charge < -0.3 is 16.0 Å². The molecule has 4 heteroatoms. The molecule has 1 unspecified atom stereocenters. The van der Waals surface area contributed by atoms with Crippen molar-refractivity contribution in [2.45, 2.75) is 32.2 Å². The van der Waals surface area contributed by atoms with Crippen molar-refractivity contribution >= 4 is 11.6 Å². The molecule has 0 saturated carbocycles. The van der Waals surface area contributed by atoms with Crippen LogP contribution in [0.15, 0.2) is 24.3 Å². The lowest BCUT2D eigenvalue weighted by Gasteiger charge is -2.37. The fourth-order valence-electron chi connectivity index (χ4n) is 2.75. The van der Waals surface area contributed by atoms with Gasteiger partial charge in [-0.2, -0.15) is 0 Å². The Hall–Kier alpha value is -1.55. The number of fused-ring (bicyclic) bond motifs is 1. The molecule has 1 heterocycles. The normalized spacial score (nSPS) is 15.8. The molecule has 0 radical (unpaired) electrons. The summed E-state index contributed by atoms with van der Waals surface area (Å²) >= 11 is 0. The summed E-state index contributed by atoms with van der Waals surface area (Å²) in [5.41, 5.74) is 8.49. The number of nitrogens with two attached hydrogens (primary N) is 1. The largest absolute Gasteiger partial charge is 0.367 e. The molecule has 1 aliphatic rings. The molecule has 0 aliphatic carbocycles. The number of anilines is 1. The number of nitrogens with zero attached hydrogens (tertiary/aromatic N) is 1. The molecular weight excluding hydrogens is 238 g/mol. The van der Waals surface area contributed by atoms with Gasteiger partial charge in [0.1, 0.15) is 0 Å². The quantitative estimate of drug-likeness (QED) is 0.840. The van der Waals surface area contributed by atoms with E-state index in [0.29, 0.717) is 19.5 Å². The third kappa shape index (κ3) is 3.26. The van der Waals surface area contributed by atoms with E-state index >= 15 is 0 Å². The van der Waals surface area contributed by atoms with Gasteiger partial charge in [-0.1, -0.05) is 18.2 Å². The summed E-state index contributed by atoms with van der Waals surface area (Å²) in [7, 11) is 0. The minimum Gasteiger partial charge on any atom is -0.367 e. The number of amides is 1. The van der Waals surface area contributed by atoms with E-state index in [4.69, 9.17) is 5.73 Å². The summed E-state index contributed by atoms with van der Waals surface area (Å²) in [4.78, 5) is 14.1. The number of para-hydroxylation sites is 1. The molecule has 19 heavy (non-hydrogen) atoms. The highest BCUT2D eigenvalue weighted by Gasteiger charge is 2.24. The first-order valence-corrected chi connectivity index (χ1v) is 7.07. The maximum Gasteiger partial charge on any atom is 0.222 e. The first kappa shape index (κ1) is 13.9. The van der Waals surface area contributed by atoms with Gasteiger partial charge in [0.2, 0.25) is 5.91 Å². The fraction of sp³-hybridized carbons (Fsp3) is 0.533. The lowest BCUT2D eigenvalue weighted by Crippen LogP contribution is -2.46. The van der Waals surface area contributed by atoms with E-state index in [1.807, 2.05) is 6.92 Å². The van der Waals surface area contributed by atoms with Gasteiger partial charge in [-0.3, -0.25) is 4.79 Å². The van der Waals surface area contributed by atoms with Crippen molar-refractivity contribution in [3.05, 3.63) is 29.8 Å². The SMILES string of the molecule is CCNC(=O)CC(CN)N1CCCc2ccccc21. The Morgan fingerprint density at radius 3 is 3.00 bits per heavy atom. The predicted octanol–water partition coefficient (Wildman–Crippen LogP) is 1.29. The summed E-state index contributed by atoms with van der Waals surface area (Å²) in [6.07, 6.45) is 2.71. The summed E-state index contributed by atoms with van der Waals surface area (Å²) in [6, 6.07) is 8.52. The third-order valence-electron chi connectivity index (χ3n) is 3.65. The molecule has 0 spiro atoms. The van der Waals surface area contributed by atoms with Gasteiger partial charge in [0.05, 0.1) is 0 Å². The molecule has 104 valence electrons. The van der Waals surface area contributed by atoms with Gasteiger partial charge in [0, 0.05) is 37.8 Å². The van der Waals surface area contributed by atoms with Gasteiger partial charge in [-0.05, 0) is 31.4 Å². The zero-order valence-corrected chi connectivity index (χ0v) is 11.6. The molecular formula is C15H23N3O. The Kier molecular flexibility index (Phi) is 4.80. The van der Waals surface area contributed by atoms with Crippen molar-refractivity contribution in [2.24, 2.45) is 5.73 Å². The van der Waals surface area contributed by atoms with Gasteiger partial charge in [-0.15, -0.1) is 0 Å². The third-order valence-corrected chi connectivity index (χ3v) is 3.65. The monoisotopic (exact) mass is 261 g/mol. The van der Waals surface area contributed by atoms with Crippen molar-refractivity contribution in [1.29, 1.82) is 0 Å². The van der Waals surface area contributed by atoms with E-state index in [2.05, 4.69) is 34.5 Å². The smallest absolute Gasteiger partial charge is 0.222 e. The number of hydrogen-bond donors (Lipinski definition) is 2. The Morgan fingerprint density at radius 2 is 2.26 bits per heavy atom. The second-order valence-corrected chi connectivity index (χ2v) is 4.97. The van der Waals surface area contributed by atoms with Crippen LogP contribution in [0.25, 0.3) is 0 Å². The maximum absolute atomic E-state index is 11.8. The van der Waals surface area contributed by atoms with Gasteiger partial charge in [-0.25, -0.2) is 0 Å². The minimum absolute atomic E-state index is 0.0843. The Labute approximate surface area is 115 Å². The first-order chi connectivity index (χ1) is 9.26. The minimum atomic E-state index is 0.0843. The van der Waals surface area contributed by atoms with Crippen LogP contribution < -0.4 is 16.0 Å². The highest BCUT2D eigenvalue weighted by molar-refractivity contribution is 5.77. The van der Waals surface area contributed by atoms with Crippen LogP contribution in [-0.2, 0) is 11.2 Å². The average molecular weight is 261 g/mol. The molecule has 3 N–H and O–H groups in total. The predicted molar refractivity (Wildman–Crippen MR) is 78.3 cm³/mol. The number of rotatable bonds is 5. The molecule has 1 aliphatic heterocycles. The lowest BCUT2D eigenvalue weighted by atomic mass is 9.99. The maximum atomic E-state index is 11.8. The zero-order valence-electron chi connectivity index (χ0n) is 11.6. The number of nitrogens with one attached hydrogen (secondary N) is 1. The standard InChI is InChI=1S/C15H23N3O/c1-2-17-15(19)10-13(11-16)18-9-5-7-12-6-3-4-8-14(12)18/h3-4,6,8,13H,2,5,7,9-11,16H2,1H3,(H,17,19). The number of carbonyl (C=O) groups is 1. The molecule has 4 nitrogen and oxygen atoms in total. The Bertz CT molecular complexity index is 433. The summed E-state index contributed by atoms with van der Waals surface area (Å²) in [5.74, 6) is 0.0843. The van der Waals surface area contributed by atoms with Crippen molar-refractivity contribution < 1.29 is 4.79 Å². The topological polar surface area (TPSA) is 58.4 Å². The molecule has 1 atom stereocenters. The average Bonchev–Trinajstić information content (AvgIpc) is 2.44. The molecule has 1 aromatic rings. The second-order valence-electron chi connectivity index (χ2n) is 4.97. The van der Waals surface area contributed by atoms with Crippen LogP contribution in [0.2, 0.25) is 0 Å². The summed E-state index contributed by atoms with van der Waals surface area (Å²) in [5, 5.41) is 2.85.